The van der Waals surface area contributed by atoms with Gasteiger partial charge in [0.05, 0.1) is 6.54 Å². The zero-order chi connectivity index (χ0) is 13.9. The van der Waals surface area contributed by atoms with E-state index in [1.807, 2.05) is 16.2 Å². The number of hydrogen-bond acceptors (Lipinski definition) is 4. The molecular formula is C15H23N3OS. The zero-order valence-electron chi connectivity index (χ0n) is 12.0. The molecule has 2 fully saturated rings. The third-order valence-corrected chi connectivity index (χ3v) is 5.18. The molecule has 2 heterocycles. The van der Waals surface area contributed by atoms with E-state index in [1.165, 1.54) is 17.7 Å². The van der Waals surface area contributed by atoms with Crippen molar-refractivity contribution >= 4 is 17.2 Å². The van der Waals surface area contributed by atoms with Crippen LogP contribution in [0.25, 0.3) is 0 Å². The first kappa shape index (κ1) is 14.0. The van der Waals surface area contributed by atoms with Gasteiger partial charge in [-0.2, -0.15) is 0 Å². The third-order valence-electron chi connectivity index (χ3n) is 4.23. The lowest BCUT2D eigenvalue weighted by Gasteiger charge is -2.32. The summed E-state index contributed by atoms with van der Waals surface area (Å²) in [5, 5.41) is 5.43. The molecule has 2 aliphatic rings. The normalized spacial score (nSPS) is 21.2. The molecule has 1 saturated carbocycles. The molecule has 0 spiro atoms. The molecule has 0 aromatic carbocycles. The fraction of sp³-hybridized carbons (Fsp3) is 0.667. The number of piperazine rings is 1. The second-order valence-electron chi connectivity index (χ2n) is 5.84. The lowest BCUT2D eigenvalue weighted by atomic mass is 10.1. The number of amides is 1. The largest absolute Gasteiger partial charge is 0.339 e. The molecular weight excluding hydrogens is 270 g/mol. The Morgan fingerprint density at radius 2 is 2.25 bits per heavy atom. The minimum absolute atomic E-state index is 0.274. The fourth-order valence-corrected chi connectivity index (χ4v) is 3.99. The maximum Gasteiger partial charge on any atom is 0.236 e. The minimum Gasteiger partial charge on any atom is -0.339 e. The Balaban J connectivity index is 1.61. The lowest BCUT2D eigenvalue weighted by Crippen LogP contribution is -2.49. The SMILES string of the molecule is CN(CC(=O)N1CCNCC1)C(c1cccs1)C1CC1. The average Bonchev–Trinajstić information content (AvgIpc) is 3.14. The molecule has 1 unspecified atom stereocenters. The van der Waals surface area contributed by atoms with Crippen LogP contribution in [-0.4, -0.2) is 55.5 Å². The molecule has 1 aromatic heterocycles. The van der Waals surface area contributed by atoms with Crippen molar-refractivity contribution in [1.29, 1.82) is 0 Å². The van der Waals surface area contributed by atoms with Crippen LogP contribution in [0.1, 0.15) is 23.8 Å². The molecule has 0 radical (unpaired) electrons. The summed E-state index contributed by atoms with van der Waals surface area (Å²) in [4.78, 5) is 18.0. The van der Waals surface area contributed by atoms with Gasteiger partial charge in [-0.25, -0.2) is 0 Å². The molecule has 5 heteroatoms. The Labute approximate surface area is 124 Å². The first-order chi connectivity index (χ1) is 9.75. The number of thiophene rings is 1. The Morgan fingerprint density at radius 1 is 1.50 bits per heavy atom. The molecule has 1 amide bonds. The summed E-state index contributed by atoms with van der Waals surface area (Å²) in [6.45, 7) is 4.08. The van der Waals surface area contributed by atoms with Gasteiger partial charge in [0.2, 0.25) is 5.91 Å². The van der Waals surface area contributed by atoms with Crippen LogP contribution in [0.5, 0.6) is 0 Å². The average molecular weight is 293 g/mol. The summed E-state index contributed by atoms with van der Waals surface area (Å²) >= 11 is 1.81. The number of carbonyl (C=O) groups excluding carboxylic acids is 1. The van der Waals surface area contributed by atoms with Crippen LogP contribution in [0.3, 0.4) is 0 Å². The quantitative estimate of drug-likeness (QED) is 0.895. The number of carbonyl (C=O) groups is 1. The smallest absolute Gasteiger partial charge is 0.236 e. The van der Waals surface area contributed by atoms with Gasteiger partial charge >= 0.3 is 0 Å². The molecule has 110 valence electrons. The fourth-order valence-electron chi connectivity index (χ4n) is 3.01. The Kier molecular flexibility index (Phi) is 4.38. The van der Waals surface area contributed by atoms with Crippen LogP contribution in [0, 0.1) is 5.92 Å². The first-order valence-corrected chi connectivity index (χ1v) is 8.36. The summed E-state index contributed by atoms with van der Waals surface area (Å²) in [5.41, 5.74) is 0. The van der Waals surface area contributed by atoms with Crippen molar-refractivity contribution in [2.45, 2.75) is 18.9 Å². The topological polar surface area (TPSA) is 35.6 Å². The predicted molar refractivity (Wildman–Crippen MR) is 81.9 cm³/mol. The standard InChI is InChI=1S/C15H23N3OS/c1-17(11-14(19)18-8-6-16-7-9-18)15(12-4-5-12)13-3-2-10-20-13/h2-3,10,12,15-16H,4-9,11H2,1H3. The molecule has 20 heavy (non-hydrogen) atoms. The van der Waals surface area contributed by atoms with Crippen molar-refractivity contribution < 1.29 is 4.79 Å². The number of nitrogens with zero attached hydrogens (tertiary/aromatic N) is 2. The summed E-state index contributed by atoms with van der Waals surface area (Å²) in [6, 6.07) is 4.75. The lowest BCUT2D eigenvalue weighted by molar-refractivity contribution is -0.133. The van der Waals surface area contributed by atoms with E-state index in [9.17, 15) is 4.79 Å². The Hall–Kier alpha value is -0.910. The summed E-state index contributed by atoms with van der Waals surface area (Å²) in [7, 11) is 2.10. The van der Waals surface area contributed by atoms with Gasteiger partial charge in [0.1, 0.15) is 0 Å². The predicted octanol–water partition coefficient (Wildman–Crippen LogP) is 1.56. The first-order valence-electron chi connectivity index (χ1n) is 7.48. The van der Waals surface area contributed by atoms with E-state index < -0.39 is 0 Å². The highest BCUT2D eigenvalue weighted by Gasteiger charge is 2.36. The number of likely N-dealkylation sites (N-methyl/N-ethyl adjacent to an activating group) is 1. The van der Waals surface area contributed by atoms with E-state index in [0.29, 0.717) is 12.6 Å². The van der Waals surface area contributed by atoms with Crippen molar-refractivity contribution in [3.05, 3.63) is 22.4 Å². The zero-order valence-corrected chi connectivity index (χ0v) is 12.9. The van der Waals surface area contributed by atoms with Crippen LogP contribution in [-0.2, 0) is 4.79 Å². The molecule has 1 aromatic rings. The van der Waals surface area contributed by atoms with Crippen LogP contribution >= 0.6 is 11.3 Å². The van der Waals surface area contributed by atoms with E-state index in [-0.39, 0.29) is 5.91 Å². The van der Waals surface area contributed by atoms with Crippen LogP contribution in [0.2, 0.25) is 0 Å². The van der Waals surface area contributed by atoms with Gasteiger partial charge in [0.15, 0.2) is 0 Å². The second kappa shape index (κ2) is 6.24. The van der Waals surface area contributed by atoms with E-state index in [4.69, 9.17) is 0 Å². The van der Waals surface area contributed by atoms with Gasteiger partial charge in [-0.05, 0) is 37.3 Å². The highest BCUT2D eigenvalue weighted by atomic mass is 32.1. The van der Waals surface area contributed by atoms with E-state index in [0.717, 1.165) is 32.1 Å². The number of hydrogen-bond donors (Lipinski definition) is 1. The highest BCUT2D eigenvalue weighted by molar-refractivity contribution is 7.10. The van der Waals surface area contributed by atoms with Crippen molar-refractivity contribution in [3.8, 4) is 0 Å². The van der Waals surface area contributed by atoms with Gasteiger partial charge in [-0.3, -0.25) is 9.69 Å². The Morgan fingerprint density at radius 3 is 2.85 bits per heavy atom. The van der Waals surface area contributed by atoms with E-state index in [2.05, 4.69) is 34.8 Å². The molecule has 4 nitrogen and oxygen atoms in total. The van der Waals surface area contributed by atoms with Gasteiger partial charge in [0, 0.05) is 37.1 Å². The van der Waals surface area contributed by atoms with Gasteiger partial charge in [-0.15, -0.1) is 11.3 Å². The maximum absolute atomic E-state index is 12.4. The van der Waals surface area contributed by atoms with Gasteiger partial charge in [-0.1, -0.05) is 6.07 Å². The van der Waals surface area contributed by atoms with Crippen molar-refractivity contribution in [3.63, 3.8) is 0 Å². The monoisotopic (exact) mass is 293 g/mol. The van der Waals surface area contributed by atoms with Crippen molar-refractivity contribution in [2.24, 2.45) is 5.92 Å². The highest BCUT2D eigenvalue weighted by Crippen LogP contribution is 2.45. The maximum atomic E-state index is 12.4. The molecule has 1 N–H and O–H groups in total. The molecule has 1 aliphatic carbocycles. The minimum atomic E-state index is 0.274. The number of nitrogens with one attached hydrogen (secondary N) is 1. The summed E-state index contributed by atoms with van der Waals surface area (Å²) < 4.78 is 0. The van der Waals surface area contributed by atoms with E-state index in [1.54, 1.807) is 0 Å². The van der Waals surface area contributed by atoms with E-state index >= 15 is 0 Å². The van der Waals surface area contributed by atoms with Gasteiger partial charge in [0.25, 0.3) is 0 Å². The van der Waals surface area contributed by atoms with Crippen LogP contribution in [0.15, 0.2) is 17.5 Å². The molecule has 3 rings (SSSR count). The van der Waals surface area contributed by atoms with Crippen molar-refractivity contribution in [2.75, 3.05) is 39.8 Å². The third kappa shape index (κ3) is 3.22. The van der Waals surface area contributed by atoms with Crippen LogP contribution in [0.4, 0.5) is 0 Å². The molecule has 0 bridgehead atoms. The van der Waals surface area contributed by atoms with Crippen LogP contribution < -0.4 is 5.32 Å². The van der Waals surface area contributed by atoms with Gasteiger partial charge < -0.3 is 10.2 Å². The second-order valence-corrected chi connectivity index (χ2v) is 6.82. The number of rotatable bonds is 5. The molecule has 1 aliphatic heterocycles. The van der Waals surface area contributed by atoms with Crippen molar-refractivity contribution in [1.82, 2.24) is 15.1 Å². The summed E-state index contributed by atoms with van der Waals surface area (Å²) in [5.74, 6) is 1.02. The molecule has 1 saturated heterocycles. The molecule has 1 atom stereocenters. The summed E-state index contributed by atoms with van der Waals surface area (Å²) in [6.07, 6.45) is 2.60. The Bertz CT molecular complexity index is 438.